The number of halogens is 2. The summed E-state index contributed by atoms with van der Waals surface area (Å²) < 4.78 is 27.7. The second kappa shape index (κ2) is 6.32. The second-order valence-corrected chi connectivity index (χ2v) is 7.64. The number of anilines is 1. The summed E-state index contributed by atoms with van der Waals surface area (Å²) in [5.74, 6) is 0. The lowest BCUT2D eigenvalue weighted by molar-refractivity contribution is 0.592. The minimum Gasteiger partial charge on any atom is -0.267 e. The maximum absolute atomic E-state index is 12.6. The number of nitrogens with zero attached hydrogens (tertiary/aromatic N) is 1. The molecule has 3 nitrogen and oxygen atoms in total. The van der Waals surface area contributed by atoms with Crippen molar-refractivity contribution in [1.82, 2.24) is 0 Å². The molecule has 20 heavy (non-hydrogen) atoms. The largest absolute Gasteiger partial charge is 0.267 e. The van der Waals surface area contributed by atoms with Crippen LogP contribution in [-0.4, -0.2) is 15.0 Å². The van der Waals surface area contributed by atoms with Crippen LogP contribution in [-0.2, 0) is 10.0 Å². The van der Waals surface area contributed by atoms with E-state index in [4.69, 9.17) is 11.6 Å². The van der Waals surface area contributed by atoms with Crippen LogP contribution < -0.4 is 4.31 Å². The SMILES string of the molecule is CCN(c1ccc(I)cc1)S(=O)(=O)c1ccc(Cl)cc1. The van der Waals surface area contributed by atoms with Gasteiger partial charge >= 0.3 is 0 Å². The van der Waals surface area contributed by atoms with E-state index >= 15 is 0 Å². The van der Waals surface area contributed by atoms with Crippen molar-refractivity contribution in [2.75, 3.05) is 10.8 Å². The highest BCUT2D eigenvalue weighted by atomic mass is 127. The van der Waals surface area contributed by atoms with Gasteiger partial charge in [0.1, 0.15) is 0 Å². The van der Waals surface area contributed by atoms with Gasteiger partial charge in [-0.05, 0) is 78.0 Å². The van der Waals surface area contributed by atoms with Gasteiger partial charge in [0.2, 0.25) is 0 Å². The van der Waals surface area contributed by atoms with Gasteiger partial charge in [0, 0.05) is 15.1 Å². The standard InChI is InChI=1S/C14H13ClINO2S/c1-2-17(13-7-5-12(16)6-8-13)20(18,19)14-9-3-11(15)4-10-14/h3-10H,2H2,1H3. The predicted molar refractivity (Wildman–Crippen MR) is 90.8 cm³/mol. The lowest BCUT2D eigenvalue weighted by Crippen LogP contribution is -2.30. The molecule has 0 aliphatic rings. The first-order chi connectivity index (χ1) is 9.45. The molecular weight excluding hydrogens is 409 g/mol. The molecule has 0 bridgehead atoms. The van der Waals surface area contributed by atoms with E-state index in [0.29, 0.717) is 17.3 Å². The predicted octanol–water partition coefficient (Wildman–Crippen LogP) is 4.16. The molecule has 6 heteroatoms. The smallest absolute Gasteiger partial charge is 0.264 e. The van der Waals surface area contributed by atoms with E-state index in [1.165, 1.54) is 16.4 Å². The van der Waals surface area contributed by atoms with Crippen LogP contribution in [0.4, 0.5) is 5.69 Å². The fourth-order valence-electron chi connectivity index (χ4n) is 1.83. The van der Waals surface area contributed by atoms with Crippen LogP contribution in [0.1, 0.15) is 6.92 Å². The Hall–Kier alpha value is -0.790. The molecule has 0 aliphatic heterocycles. The lowest BCUT2D eigenvalue weighted by atomic mass is 10.3. The third-order valence-electron chi connectivity index (χ3n) is 2.80. The van der Waals surface area contributed by atoms with E-state index in [2.05, 4.69) is 22.6 Å². The summed E-state index contributed by atoms with van der Waals surface area (Å²) in [4.78, 5) is 0.238. The van der Waals surface area contributed by atoms with Gasteiger partial charge in [-0.1, -0.05) is 11.6 Å². The maximum Gasteiger partial charge on any atom is 0.264 e. The van der Waals surface area contributed by atoms with Crippen LogP contribution in [0.5, 0.6) is 0 Å². The Morgan fingerprint density at radius 3 is 2.10 bits per heavy atom. The molecule has 0 saturated heterocycles. The minimum absolute atomic E-state index is 0.238. The van der Waals surface area contributed by atoms with Gasteiger partial charge < -0.3 is 0 Å². The summed E-state index contributed by atoms with van der Waals surface area (Å²) in [6.45, 7) is 2.18. The summed E-state index contributed by atoms with van der Waals surface area (Å²) in [5, 5.41) is 0.515. The Labute approximate surface area is 137 Å². The molecule has 0 saturated carbocycles. The highest BCUT2D eigenvalue weighted by molar-refractivity contribution is 14.1. The van der Waals surface area contributed by atoms with Gasteiger partial charge in [-0.3, -0.25) is 4.31 Å². The number of hydrogen-bond acceptors (Lipinski definition) is 2. The van der Waals surface area contributed by atoms with Crippen LogP contribution in [0.2, 0.25) is 5.02 Å². The van der Waals surface area contributed by atoms with Crippen molar-refractivity contribution in [3.8, 4) is 0 Å². The number of benzene rings is 2. The summed E-state index contributed by atoms with van der Waals surface area (Å²) in [7, 11) is -3.56. The van der Waals surface area contributed by atoms with E-state index in [1.807, 2.05) is 19.1 Å². The van der Waals surface area contributed by atoms with Gasteiger partial charge in [0.05, 0.1) is 10.6 Å². The van der Waals surface area contributed by atoms with Gasteiger partial charge in [-0.2, -0.15) is 0 Å². The fraction of sp³-hybridized carbons (Fsp3) is 0.143. The summed E-state index contributed by atoms with van der Waals surface area (Å²) in [6, 6.07) is 13.6. The molecule has 0 N–H and O–H groups in total. The van der Waals surface area contributed by atoms with Crippen LogP contribution in [0, 0.1) is 3.57 Å². The van der Waals surface area contributed by atoms with Crippen LogP contribution in [0.15, 0.2) is 53.4 Å². The van der Waals surface area contributed by atoms with Crippen LogP contribution >= 0.6 is 34.2 Å². The molecule has 2 aromatic carbocycles. The first-order valence-electron chi connectivity index (χ1n) is 5.99. The third kappa shape index (κ3) is 3.27. The van der Waals surface area contributed by atoms with Crippen molar-refractivity contribution in [3.63, 3.8) is 0 Å². The van der Waals surface area contributed by atoms with Crippen molar-refractivity contribution >= 4 is 49.9 Å². The average Bonchev–Trinajstić information content (AvgIpc) is 2.42. The van der Waals surface area contributed by atoms with Crippen LogP contribution in [0.3, 0.4) is 0 Å². The normalized spacial score (nSPS) is 11.3. The molecule has 0 fully saturated rings. The van der Waals surface area contributed by atoms with E-state index in [9.17, 15) is 8.42 Å². The number of hydrogen-bond donors (Lipinski definition) is 0. The van der Waals surface area contributed by atoms with Gasteiger partial charge in [-0.15, -0.1) is 0 Å². The second-order valence-electron chi connectivity index (χ2n) is 4.10. The Balaban J connectivity index is 2.44. The molecular formula is C14H13ClINO2S. The zero-order valence-corrected chi connectivity index (χ0v) is 14.5. The minimum atomic E-state index is -3.56. The van der Waals surface area contributed by atoms with E-state index < -0.39 is 10.0 Å². The first-order valence-corrected chi connectivity index (χ1v) is 8.88. The van der Waals surface area contributed by atoms with Gasteiger partial charge in [0.25, 0.3) is 10.0 Å². The van der Waals surface area contributed by atoms with E-state index in [-0.39, 0.29) is 4.90 Å². The topological polar surface area (TPSA) is 37.4 Å². The van der Waals surface area contributed by atoms with Crippen molar-refractivity contribution in [1.29, 1.82) is 0 Å². The maximum atomic E-state index is 12.6. The Morgan fingerprint density at radius 2 is 1.60 bits per heavy atom. The number of sulfonamides is 1. The first kappa shape index (κ1) is 15.6. The van der Waals surface area contributed by atoms with Gasteiger partial charge in [-0.25, -0.2) is 8.42 Å². The highest BCUT2D eigenvalue weighted by Gasteiger charge is 2.23. The van der Waals surface area contributed by atoms with Gasteiger partial charge in [0.15, 0.2) is 0 Å². The third-order valence-corrected chi connectivity index (χ3v) is 5.69. The highest BCUT2D eigenvalue weighted by Crippen LogP contribution is 2.25. The Morgan fingerprint density at radius 1 is 1.05 bits per heavy atom. The fourth-order valence-corrected chi connectivity index (χ4v) is 3.79. The molecule has 0 radical (unpaired) electrons. The summed E-state index contributed by atoms with van der Waals surface area (Å²) in [5.41, 5.74) is 0.655. The number of rotatable bonds is 4. The molecule has 0 unspecified atom stereocenters. The summed E-state index contributed by atoms with van der Waals surface area (Å²) in [6.07, 6.45) is 0. The molecule has 2 rings (SSSR count). The monoisotopic (exact) mass is 421 g/mol. The molecule has 0 aliphatic carbocycles. The Kier molecular flexibility index (Phi) is 4.93. The summed E-state index contributed by atoms with van der Waals surface area (Å²) >= 11 is 7.99. The molecule has 0 heterocycles. The average molecular weight is 422 g/mol. The molecule has 0 atom stereocenters. The lowest BCUT2D eigenvalue weighted by Gasteiger charge is -2.23. The molecule has 0 spiro atoms. The van der Waals surface area contributed by atoms with Crippen molar-refractivity contribution < 1.29 is 8.42 Å². The van der Waals surface area contributed by atoms with Crippen molar-refractivity contribution in [3.05, 3.63) is 57.1 Å². The van der Waals surface area contributed by atoms with E-state index in [0.717, 1.165) is 3.57 Å². The van der Waals surface area contributed by atoms with E-state index in [1.54, 1.807) is 24.3 Å². The van der Waals surface area contributed by atoms with Crippen molar-refractivity contribution in [2.24, 2.45) is 0 Å². The molecule has 106 valence electrons. The molecule has 0 amide bonds. The quantitative estimate of drug-likeness (QED) is 0.695. The molecule has 0 aromatic heterocycles. The van der Waals surface area contributed by atoms with Crippen molar-refractivity contribution in [2.45, 2.75) is 11.8 Å². The van der Waals surface area contributed by atoms with Crippen LogP contribution in [0.25, 0.3) is 0 Å². The zero-order valence-electron chi connectivity index (χ0n) is 10.8. The molecule has 2 aromatic rings. The Bertz CT molecular complexity index is 684. The zero-order chi connectivity index (χ0) is 14.8.